The van der Waals surface area contributed by atoms with E-state index in [1.54, 1.807) is 6.92 Å². The molecule has 1 atom stereocenters. The zero-order valence-electron chi connectivity index (χ0n) is 18.7. The van der Waals surface area contributed by atoms with Crippen molar-refractivity contribution in [2.24, 2.45) is 0 Å². The van der Waals surface area contributed by atoms with Crippen molar-refractivity contribution < 1.29 is 23.5 Å². The minimum atomic E-state index is -0.472. The number of halogens is 2. The fourth-order valence-corrected chi connectivity index (χ4v) is 5.70. The lowest BCUT2D eigenvalue weighted by Gasteiger charge is -2.33. The normalized spacial score (nSPS) is 18.2. The Morgan fingerprint density at radius 2 is 2.06 bits per heavy atom. The van der Waals surface area contributed by atoms with E-state index < -0.39 is 17.7 Å². The van der Waals surface area contributed by atoms with Gasteiger partial charge in [0.05, 0.1) is 23.1 Å². The van der Waals surface area contributed by atoms with Gasteiger partial charge in [-0.15, -0.1) is 11.3 Å². The number of Topliss-reactive ketones (excluding diaryl/α,β-unsaturated/α-hetero) is 1. The van der Waals surface area contributed by atoms with E-state index in [1.807, 2.05) is 19.9 Å². The van der Waals surface area contributed by atoms with Crippen LogP contribution >= 0.6 is 22.9 Å². The van der Waals surface area contributed by atoms with E-state index in [2.05, 4.69) is 5.32 Å². The summed E-state index contributed by atoms with van der Waals surface area (Å²) >= 11 is 7.62. The fraction of sp³-hybridized carbons (Fsp3) is 0.360. The molecule has 2 aromatic rings. The third-order valence-corrected chi connectivity index (χ3v) is 7.33. The maximum Gasteiger partial charge on any atom is 0.336 e. The lowest BCUT2D eigenvalue weighted by atomic mass is 9.78. The molecule has 0 saturated heterocycles. The van der Waals surface area contributed by atoms with Crippen molar-refractivity contribution >= 4 is 34.7 Å². The number of dihydropyridines is 1. The van der Waals surface area contributed by atoms with Gasteiger partial charge in [0, 0.05) is 38.7 Å². The molecule has 1 aromatic carbocycles. The van der Waals surface area contributed by atoms with Crippen LogP contribution in [-0.4, -0.2) is 18.4 Å². The number of aryl methyl sites for hydroxylation is 1. The number of ketones is 1. The molecular weight excluding hydrogens is 465 g/mol. The van der Waals surface area contributed by atoms with Crippen molar-refractivity contribution in [2.45, 2.75) is 52.6 Å². The Labute approximate surface area is 201 Å². The highest BCUT2D eigenvalue weighted by atomic mass is 35.5. The molecule has 0 bridgehead atoms. The van der Waals surface area contributed by atoms with Gasteiger partial charge in [-0.2, -0.15) is 0 Å². The molecule has 8 heteroatoms. The molecule has 1 N–H and O–H groups in total. The van der Waals surface area contributed by atoms with Gasteiger partial charge in [0.2, 0.25) is 0 Å². The number of allylic oxidation sites excluding steroid dienone is 3. The number of hydrogen-bond acceptors (Lipinski definition) is 6. The summed E-state index contributed by atoms with van der Waals surface area (Å²) in [5.74, 6) is -0.867. The molecule has 0 fully saturated rings. The fourth-order valence-electron chi connectivity index (χ4n) is 4.33. The van der Waals surface area contributed by atoms with Crippen molar-refractivity contribution in [1.82, 2.24) is 5.32 Å². The Morgan fingerprint density at radius 3 is 2.79 bits per heavy atom. The molecule has 0 saturated carbocycles. The molecule has 1 aromatic heterocycles. The van der Waals surface area contributed by atoms with Gasteiger partial charge in [-0.1, -0.05) is 11.6 Å². The zero-order chi connectivity index (χ0) is 23.7. The Morgan fingerprint density at radius 1 is 1.27 bits per heavy atom. The van der Waals surface area contributed by atoms with Crippen LogP contribution in [0, 0.1) is 12.7 Å². The maximum absolute atomic E-state index is 13.3. The summed E-state index contributed by atoms with van der Waals surface area (Å²) in [4.78, 5) is 27.8. The Kier molecular flexibility index (Phi) is 6.91. The molecular formula is C25H25ClFNO4S. The van der Waals surface area contributed by atoms with Gasteiger partial charge in [-0.25, -0.2) is 9.18 Å². The summed E-state index contributed by atoms with van der Waals surface area (Å²) in [5.41, 5.74) is 3.66. The molecule has 4 rings (SSSR count). The van der Waals surface area contributed by atoms with E-state index in [1.165, 1.54) is 29.5 Å². The van der Waals surface area contributed by atoms with E-state index in [-0.39, 0.29) is 24.0 Å². The van der Waals surface area contributed by atoms with Gasteiger partial charge in [0.1, 0.15) is 18.2 Å². The summed E-state index contributed by atoms with van der Waals surface area (Å²) in [5, 5.41) is 3.49. The predicted octanol–water partition coefficient (Wildman–Crippen LogP) is 5.96. The number of carbonyl (C=O) groups excluding carboxylic acids is 2. The summed E-state index contributed by atoms with van der Waals surface area (Å²) in [6.07, 6.45) is 2.03. The number of carbonyl (C=O) groups is 2. The molecule has 1 aliphatic carbocycles. The summed E-state index contributed by atoms with van der Waals surface area (Å²) < 4.78 is 24.5. The second-order valence-corrected chi connectivity index (χ2v) is 9.77. The average molecular weight is 490 g/mol. The Balaban J connectivity index is 1.70. The zero-order valence-corrected chi connectivity index (χ0v) is 20.3. The molecule has 1 aliphatic heterocycles. The number of benzene rings is 1. The van der Waals surface area contributed by atoms with Crippen molar-refractivity contribution in [2.75, 3.05) is 6.61 Å². The molecule has 5 nitrogen and oxygen atoms in total. The standard InChI is InChI=1S/C25H25ClFNO4S/c1-4-31-25(30)22-13(2)28-18-6-5-7-19(29)23(18)24(22)21-10-15(14(3)33-21)12-32-20-9-8-16(27)11-17(20)26/h8-11,24,28H,4-7,12H2,1-3H3. The molecule has 2 aliphatic rings. The topological polar surface area (TPSA) is 64.6 Å². The first kappa shape index (κ1) is 23.5. The molecule has 174 valence electrons. The van der Waals surface area contributed by atoms with Crippen LogP contribution in [-0.2, 0) is 20.9 Å². The monoisotopic (exact) mass is 489 g/mol. The second kappa shape index (κ2) is 9.69. The molecule has 0 spiro atoms. The van der Waals surface area contributed by atoms with Crippen molar-refractivity contribution in [1.29, 1.82) is 0 Å². The van der Waals surface area contributed by atoms with E-state index >= 15 is 0 Å². The Hall–Kier alpha value is -2.64. The third-order valence-electron chi connectivity index (χ3n) is 5.87. The minimum absolute atomic E-state index is 0.0602. The van der Waals surface area contributed by atoms with E-state index in [9.17, 15) is 14.0 Å². The highest BCUT2D eigenvalue weighted by Crippen LogP contribution is 2.45. The van der Waals surface area contributed by atoms with Gasteiger partial charge >= 0.3 is 5.97 Å². The van der Waals surface area contributed by atoms with Gasteiger partial charge in [-0.05, 0) is 57.9 Å². The summed E-state index contributed by atoms with van der Waals surface area (Å²) in [6.45, 7) is 6.07. The van der Waals surface area contributed by atoms with Crippen LogP contribution in [0.4, 0.5) is 4.39 Å². The van der Waals surface area contributed by atoms with Gasteiger partial charge in [-0.3, -0.25) is 4.79 Å². The highest BCUT2D eigenvalue weighted by molar-refractivity contribution is 7.12. The number of esters is 1. The largest absolute Gasteiger partial charge is 0.487 e. The first-order valence-corrected chi connectivity index (χ1v) is 12.1. The quantitative estimate of drug-likeness (QED) is 0.507. The third kappa shape index (κ3) is 4.70. The molecule has 2 heterocycles. The van der Waals surface area contributed by atoms with E-state index in [0.29, 0.717) is 29.0 Å². The van der Waals surface area contributed by atoms with Crippen LogP contribution < -0.4 is 10.1 Å². The molecule has 0 radical (unpaired) electrons. The van der Waals surface area contributed by atoms with Crippen molar-refractivity contribution in [3.63, 3.8) is 0 Å². The highest BCUT2D eigenvalue weighted by Gasteiger charge is 2.40. The number of thiophene rings is 1. The maximum atomic E-state index is 13.3. The van der Waals surface area contributed by atoms with Gasteiger partial charge < -0.3 is 14.8 Å². The summed E-state index contributed by atoms with van der Waals surface area (Å²) in [6, 6.07) is 5.98. The molecule has 0 amide bonds. The van der Waals surface area contributed by atoms with Crippen molar-refractivity contribution in [3.05, 3.63) is 73.0 Å². The lowest BCUT2D eigenvalue weighted by molar-refractivity contribution is -0.138. The minimum Gasteiger partial charge on any atom is -0.487 e. The number of hydrogen-bond donors (Lipinski definition) is 1. The molecule has 1 unspecified atom stereocenters. The van der Waals surface area contributed by atoms with Crippen LogP contribution in [0.1, 0.15) is 54.3 Å². The van der Waals surface area contributed by atoms with Gasteiger partial charge in [0.15, 0.2) is 5.78 Å². The van der Waals surface area contributed by atoms with Crippen LogP contribution in [0.25, 0.3) is 0 Å². The summed E-state index contributed by atoms with van der Waals surface area (Å²) in [7, 11) is 0. The number of rotatable bonds is 6. The van der Waals surface area contributed by atoms with Crippen LogP contribution in [0.5, 0.6) is 5.75 Å². The van der Waals surface area contributed by atoms with Crippen molar-refractivity contribution in [3.8, 4) is 5.75 Å². The predicted molar refractivity (Wildman–Crippen MR) is 126 cm³/mol. The molecule has 33 heavy (non-hydrogen) atoms. The van der Waals surface area contributed by atoms with E-state index in [0.717, 1.165) is 33.9 Å². The van der Waals surface area contributed by atoms with Gasteiger partial charge in [0.25, 0.3) is 0 Å². The average Bonchev–Trinajstić information content (AvgIpc) is 3.12. The van der Waals surface area contributed by atoms with Crippen LogP contribution in [0.3, 0.4) is 0 Å². The first-order valence-electron chi connectivity index (χ1n) is 10.9. The second-order valence-electron chi connectivity index (χ2n) is 8.08. The van der Waals surface area contributed by atoms with Crippen LogP contribution in [0.15, 0.2) is 46.8 Å². The first-order chi connectivity index (χ1) is 15.8. The number of ether oxygens (including phenoxy) is 2. The number of nitrogens with one attached hydrogen (secondary N) is 1. The SMILES string of the molecule is CCOC(=O)C1=C(C)NC2=C(C(=O)CCC2)C1c1cc(COc2ccc(F)cc2Cl)c(C)s1. The van der Waals surface area contributed by atoms with E-state index in [4.69, 9.17) is 21.1 Å². The lowest BCUT2D eigenvalue weighted by Crippen LogP contribution is -2.34. The smallest absolute Gasteiger partial charge is 0.336 e. The Bertz CT molecular complexity index is 1180. The van der Waals surface area contributed by atoms with Crippen LogP contribution in [0.2, 0.25) is 5.02 Å².